The number of benzene rings is 3. The van der Waals surface area contributed by atoms with E-state index >= 15 is 0 Å². The van der Waals surface area contributed by atoms with Crippen LogP contribution in [0.2, 0.25) is 10.0 Å². The summed E-state index contributed by atoms with van der Waals surface area (Å²) in [4.78, 5) is 15.3. The summed E-state index contributed by atoms with van der Waals surface area (Å²) in [7, 11) is 0. The van der Waals surface area contributed by atoms with Crippen molar-refractivity contribution in [2.45, 2.75) is 38.6 Å². The van der Waals surface area contributed by atoms with Gasteiger partial charge in [-0.05, 0) is 79.0 Å². The lowest BCUT2D eigenvalue weighted by Crippen LogP contribution is -2.35. The number of rotatable bonds is 5. The SMILES string of the molecule is CC.O=c1cc(NC2CCNCC2)c2cc(C(c3ccc(Cl)cc3)c3ccc(Cl)cc3)ccc2[nH]1. The molecule has 0 unspecified atom stereocenters. The van der Waals surface area contributed by atoms with E-state index in [-0.39, 0.29) is 11.5 Å². The maximum atomic E-state index is 12.3. The fourth-order valence-corrected chi connectivity index (χ4v) is 4.90. The molecule has 1 saturated heterocycles. The monoisotopic (exact) mass is 507 g/mol. The maximum Gasteiger partial charge on any atom is 0.250 e. The first-order chi connectivity index (χ1) is 17.1. The van der Waals surface area contributed by atoms with Crippen LogP contribution in [0.4, 0.5) is 5.69 Å². The zero-order valence-electron chi connectivity index (χ0n) is 20.1. The maximum absolute atomic E-state index is 12.3. The Bertz CT molecular complexity index is 1270. The number of halogens is 2. The van der Waals surface area contributed by atoms with Crippen LogP contribution in [0, 0.1) is 0 Å². The number of hydrogen-bond acceptors (Lipinski definition) is 3. The van der Waals surface area contributed by atoms with Crippen LogP contribution in [-0.4, -0.2) is 24.1 Å². The lowest BCUT2D eigenvalue weighted by molar-refractivity contribution is 0.479. The summed E-state index contributed by atoms with van der Waals surface area (Å²) in [5.41, 5.74) is 5.02. The first-order valence-electron chi connectivity index (χ1n) is 12.2. The van der Waals surface area contributed by atoms with E-state index in [4.69, 9.17) is 23.2 Å². The van der Waals surface area contributed by atoms with Crippen molar-refractivity contribution in [2.75, 3.05) is 18.4 Å². The topological polar surface area (TPSA) is 56.9 Å². The molecular formula is C29H31Cl2N3O. The molecule has 1 aliphatic rings. The van der Waals surface area contributed by atoms with Crippen LogP contribution in [-0.2, 0) is 0 Å². The second-order valence-electron chi connectivity index (χ2n) is 8.56. The van der Waals surface area contributed by atoms with Gasteiger partial charge in [0.2, 0.25) is 5.56 Å². The minimum Gasteiger partial charge on any atom is -0.382 e. The number of aromatic nitrogens is 1. The first kappa shape index (κ1) is 25.3. The van der Waals surface area contributed by atoms with Crippen molar-refractivity contribution in [1.29, 1.82) is 0 Å². The number of hydrogen-bond donors (Lipinski definition) is 3. The second-order valence-corrected chi connectivity index (χ2v) is 9.43. The Morgan fingerprint density at radius 1 is 0.800 bits per heavy atom. The molecule has 0 bridgehead atoms. The van der Waals surface area contributed by atoms with Crippen molar-refractivity contribution in [1.82, 2.24) is 10.3 Å². The molecule has 6 heteroatoms. The Labute approximate surface area is 216 Å². The van der Waals surface area contributed by atoms with E-state index < -0.39 is 0 Å². The van der Waals surface area contributed by atoms with Crippen molar-refractivity contribution >= 4 is 39.8 Å². The molecule has 182 valence electrons. The van der Waals surface area contributed by atoms with Gasteiger partial charge in [0.15, 0.2) is 0 Å². The number of anilines is 1. The van der Waals surface area contributed by atoms with Crippen LogP contribution in [0.1, 0.15) is 49.3 Å². The molecule has 0 spiro atoms. The number of aromatic amines is 1. The van der Waals surface area contributed by atoms with Gasteiger partial charge in [-0.25, -0.2) is 0 Å². The summed E-state index contributed by atoms with van der Waals surface area (Å²) in [6, 6.07) is 24.2. The van der Waals surface area contributed by atoms with Gasteiger partial charge in [-0.2, -0.15) is 0 Å². The number of piperidine rings is 1. The predicted octanol–water partition coefficient (Wildman–Crippen LogP) is 7.21. The Morgan fingerprint density at radius 3 is 1.91 bits per heavy atom. The molecule has 1 aliphatic heterocycles. The zero-order chi connectivity index (χ0) is 24.8. The molecule has 0 amide bonds. The molecule has 1 fully saturated rings. The van der Waals surface area contributed by atoms with Crippen LogP contribution in [0.25, 0.3) is 10.9 Å². The lowest BCUT2D eigenvalue weighted by atomic mass is 9.84. The van der Waals surface area contributed by atoms with Crippen molar-refractivity contribution < 1.29 is 0 Å². The molecule has 2 heterocycles. The minimum absolute atomic E-state index is 0.00240. The van der Waals surface area contributed by atoms with Gasteiger partial charge in [-0.1, -0.05) is 67.4 Å². The van der Waals surface area contributed by atoms with E-state index in [9.17, 15) is 4.79 Å². The van der Waals surface area contributed by atoms with Gasteiger partial charge in [0.25, 0.3) is 0 Å². The van der Waals surface area contributed by atoms with E-state index in [0.717, 1.165) is 59.2 Å². The fraction of sp³-hybridized carbons (Fsp3) is 0.276. The molecule has 3 N–H and O–H groups in total. The van der Waals surface area contributed by atoms with E-state index in [1.807, 2.05) is 44.2 Å². The average Bonchev–Trinajstić information content (AvgIpc) is 2.88. The second kappa shape index (κ2) is 11.8. The highest BCUT2D eigenvalue weighted by molar-refractivity contribution is 6.30. The lowest BCUT2D eigenvalue weighted by Gasteiger charge is -2.25. The number of fused-ring (bicyclic) bond motifs is 1. The van der Waals surface area contributed by atoms with E-state index in [1.165, 1.54) is 0 Å². The highest BCUT2D eigenvalue weighted by Crippen LogP contribution is 2.35. The van der Waals surface area contributed by atoms with Crippen molar-refractivity contribution in [3.63, 3.8) is 0 Å². The molecule has 4 aromatic rings. The van der Waals surface area contributed by atoms with Gasteiger partial charge < -0.3 is 15.6 Å². The standard InChI is InChI=1S/C27H25Cl2N3O.C2H6/c28-20-6-1-17(2-7-20)27(18-3-8-21(29)9-4-18)19-5-10-24-23(15-19)25(16-26(33)32-24)31-22-11-13-30-14-12-22;1-2/h1-10,15-16,22,27,30H,11-14H2,(H2,31,32,33);1-2H3. The van der Waals surface area contributed by atoms with Crippen LogP contribution in [0.3, 0.4) is 0 Å². The molecule has 0 radical (unpaired) electrons. The van der Waals surface area contributed by atoms with Gasteiger partial charge in [0, 0.05) is 39.1 Å². The third-order valence-corrected chi connectivity index (χ3v) is 6.81. The molecule has 3 aromatic carbocycles. The molecule has 1 aromatic heterocycles. The van der Waals surface area contributed by atoms with Crippen molar-refractivity contribution in [3.05, 3.63) is 110 Å². The summed E-state index contributed by atoms with van der Waals surface area (Å²) in [5, 5.41) is 9.45. The Balaban J connectivity index is 0.00000141. The quantitative estimate of drug-likeness (QED) is 0.250. The summed E-state index contributed by atoms with van der Waals surface area (Å²) in [6.07, 6.45) is 2.07. The van der Waals surface area contributed by atoms with Crippen LogP contribution >= 0.6 is 23.2 Å². The van der Waals surface area contributed by atoms with E-state index in [0.29, 0.717) is 16.1 Å². The highest BCUT2D eigenvalue weighted by atomic mass is 35.5. The fourth-order valence-electron chi connectivity index (χ4n) is 4.64. The smallest absolute Gasteiger partial charge is 0.250 e. The third kappa shape index (κ3) is 6.07. The molecule has 35 heavy (non-hydrogen) atoms. The van der Waals surface area contributed by atoms with Crippen LogP contribution in [0.15, 0.2) is 77.6 Å². The first-order valence-corrected chi connectivity index (χ1v) is 13.0. The number of H-pyrrole nitrogens is 1. The summed E-state index contributed by atoms with van der Waals surface area (Å²) >= 11 is 12.3. The van der Waals surface area contributed by atoms with Gasteiger partial charge in [0.05, 0.1) is 5.52 Å². The molecular weight excluding hydrogens is 477 g/mol. The largest absolute Gasteiger partial charge is 0.382 e. The number of pyridine rings is 1. The normalized spacial score (nSPS) is 14.0. The van der Waals surface area contributed by atoms with E-state index in [1.54, 1.807) is 6.07 Å². The number of nitrogens with one attached hydrogen (secondary N) is 3. The Hall–Kier alpha value is -2.79. The Morgan fingerprint density at radius 2 is 1.34 bits per heavy atom. The highest BCUT2D eigenvalue weighted by Gasteiger charge is 2.19. The Kier molecular flexibility index (Phi) is 8.50. The van der Waals surface area contributed by atoms with Crippen molar-refractivity contribution in [2.24, 2.45) is 0 Å². The molecule has 5 rings (SSSR count). The molecule has 0 saturated carbocycles. The average molecular weight is 508 g/mol. The molecule has 0 aliphatic carbocycles. The zero-order valence-corrected chi connectivity index (χ0v) is 21.6. The van der Waals surface area contributed by atoms with Gasteiger partial charge in [0.1, 0.15) is 0 Å². The minimum atomic E-state index is -0.0985. The van der Waals surface area contributed by atoms with E-state index in [2.05, 4.69) is 52.0 Å². The molecule has 4 nitrogen and oxygen atoms in total. The molecule has 0 atom stereocenters. The van der Waals surface area contributed by atoms with Crippen LogP contribution < -0.4 is 16.2 Å². The van der Waals surface area contributed by atoms with Gasteiger partial charge in [-0.3, -0.25) is 4.79 Å². The van der Waals surface area contributed by atoms with Gasteiger partial charge >= 0.3 is 0 Å². The van der Waals surface area contributed by atoms with Crippen molar-refractivity contribution in [3.8, 4) is 0 Å². The summed E-state index contributed by atoms with van der Waals surface area (Å²) in [5.74, 6) is 0.00240. The van der Waals surface area contributed by atoms with Gasteiger partial charge in [-0.15, -0.1) is 0 Å². The van der Waals surface area contributed by atoms with Crippen LogP contribution in [0.5, 0.6) is 0 Å². The summed E-state index contributed by atoms with van der Waals surface area (Å²) < 4.78 is 0. The third-order valence-electron chi connectivity index (χ3n) is 6.31. The summed E-state index contributed by atoms with van der Waals surface area (Å²) in [6.45, 7) is 5.97. The predicted molar refractivity (Wildman–Crippen MR) is 149 cm³/mol.